The van der Waals surface area contributed by atoms with Gasteiger partial charge in [-0.3, -0.25) is 0 Å². The van der Waals surface area contributed by atoms with Crippen molar-refractivity contribution in [1.82, 2.24) is 14.8 Å². The zero-order valence-corrected chi connectivity index (χ0v) is 15.1. The van der Waals surface area contributed by atoms with Gasteiger partial charge in [0, 0.05) is 10.6 Å². The Bertz CT molecular complexity index is 909. The van der Waals surface area contributed by atoms with E-state index >= 15 is 0 Å². The molecule has 0 bridgehead atoms. The zero-order chi connectivity index (χ0) is 18.1. The van der Waals surface area contributed by atoms with Crippen LogP contribution in [0.2, 0.25) is 5.02 Å². The maximum Gasteiger partial charge on any atom is 0.241 e. The number of rotatable bonds is 4. The van der Waals surface area contributed by atoms with E-state index in [1.165, 1.54) is 0 Å². The Labute approximate surface area is 156 Å². The third kappa shape index (κ3) is 3.08. The minimum absolute atomic E-state index is 0.0283. The van der Waals surface area contributed by atoms with E-state index in [9.17, 15) is 0 Å². The largest absolute Gasteiger partial charge is 0.494 e. The molecule has 134 valence electrons. The number of hydrogen-bond acceptors (Lipinski definition) is 5. The molecule has 6 nitrogen and oxygen atoms in total. The Morgan fingerprint density at radius 1 is 1.23 bits per heavy atom. The Morgan fingerprint density at radius 3 is 2.77 bits per heavy atom. The van der Waals surface area contributed by atoms with Gasteiger partial charge < -0.3 is 15.8 Å². The van der Waals surface area contributed by atoms with Gasteiger partial charge >= 0.3 is 0 Å². The Morgan fingerprint density at radius 2 is 2.00 bits per heavy atom. The number of aromatic nitrogens is 3. The summed E-state index contributed by atoms with van der Waals surface area (Å²) in [6.45, 7) is 2.59. The highest BCUT2D eigenvalue weighted by Crippen LogP contribution is 2.41. The number of ether oxygens (including phenoxy) is 1. The Hall–Kier alpha value is -2.73. The van der Waals surface area contributed by atoms with Crippen LogP contribution >= 0.6 is 11.6 Å². The van der Waals surface area contributed by atoms with Crippen LogP contribution in [0.1, 0.15) is 36.6 Å². The van der Waals surface area contributed by atoms with Gasteiger partial charge in [0.05, 0.1) is 18.7 Å². The fraction of sp³-hybridized carbons (Fsp3) is 0.263. The van der Waals surface area contributed by atoms with E-state index in [-0.39, 0.29) is 18.0 Å². The first-order chi connectivity index (χ1) is 12.7. The first-order valence-electron chi connectivity index (χ1n) is 8.61. The van der Waals surface area contributed by atoms with E-state index < -0.39 is 0 Å². The molecule has 3 aromatic rings. The molecule has 4 rings (SSSR count). The first kappa shape index (κ1) is 16.7. The molecule has 0 amide bonds. The van der Waals surface area contributed by atoms with Crippen LogP contribution in [-0.4, -0.2) is 21.4 Å². The molecule has 2 heterocycles. The average Bonchev–Trinajstić information content (AvgIpc) is 3.02. The molecule has 7 heteroatoms. The third-order valence-corrected chi connectivity index (χ3v) is 4.81. The van der Waals surface area contributed by atoms with Crippen molar-refractivity contribution < 1.29 is 4.74 Å². The van der Waals surface area contributed by atoms with Gasteiger partial charge in [0.15, 0.2) is 0 Å². The number of anilines is 2. The molecular formula is C19H20ClN5O. The van der Waals surface area contributed by atoms with Crippen LogP contribution in [0.5, 0.6) is 5.75 Å². The Balaban J connectivity index is 1.77. The molecule has 3 N–H and O–H groups in total. The van der Waals surface area contributed by atoms with E-state index in [2.05, 4.69) is 21.5 Å². The average molecular weight is 370 g/mol. The molecule has 2 aromatic carbocycles. The van der Waals surface area contributed by atoms with Crippen LogP contribution in [0.4, 0.5) is 11.9 Å². The minimum Gasteiger partial charge on any atom is -0.494 e. The summed E-state index contributed by atoms with van der Waals surface area (Å²) in [5.41, 5.74) is 8.08. The predicted molar refractivity (Wildman–Crippen MR) is 103 cm³/mol. The lowest BCUT2D eigenvalue weighted by molar-refractivity contribution is 0.325. The number of halogens is 1. The lowest BCUT2D eigenvalue weighted by atomic mass is 9.93. The molecular weight excluding hydrogens is 350 g/mol. The van der Waals surface area contributed by atoms with E-state index in [0.29, 0.717) is 12.6 Å². The number of fused-ring (bicyclic) bond motifs is 1. The van der Waals surface area contributed by atoms with Crippen molar-refractivity contribution >= 4 is 23.5 Å². The lowest BCUT2D eigenvalue weighted by Gasteiger charge is -2.32. The highest BCUT2D eigenvalue weighted by molar-refractivity contribution is 6.30. The number of hydrogen-bond donors (Lipinski definition) is 2. The van der Waals surface area contributed by atoms with Crippen LogP contribution in [0.25, 0.3) is 0 Å². The molecule has 0 aliphatic carbocycles. The normalized spacial score (nSPS) is 18.8. The highest BCUT2D eigenvalue weighted by Gasteiger charge is 2.32. The second kappa shape index (κ2) is 6.88. The SMILES string of the molecule is CCOc1ccccc1[C@@H]1C[C@H](c2ccc(Cl)cc2)Nc2nc(N)nn21. The maximum absolute atomic E-state index is 6.04. The third-order valence-electron chi connectivity index (χ3n) is 4.56. The summed E-state index contributed by atoms with van der Waals surface area (Å²) in [6, 6.07) is 15.9. The second-order valence-electron chi connectivity index (χ2n) is 6.21. The summed E-state index contributed by atoms with van der Waals surface area (Å²) < 4.78 is 7.68. The number of benzene rings is 2. The number of nitrogens with zero attached hydrogens (tertiary/aromatic N) is 3. The summed E-state index contributed by atoms with van der Waals surface area (Å²) in [7, 11) is 0. The molecule has 1 aliphatic rings. The topological polar surface area (TPSA) is 78.0 Å². The van der Waals surface area contributed by atoms with Crippen LogP contribution in [-0.2, 0) is 0 Å². The number of nitrogens with two attached hydrogens (primary N) is 1. The van der Waals surface area contributed by atoms with Gasteiger partial charge in [-0.05, 0) is 37.1 Å². The minimum atomic E-state index is -0.0283. The molecule has 0 fully saturated rings. The van der Waals surface area contributed by atoms with Crippen LogP contribution < -0.4 is 15.8 Å². The summed E-state index contributed by atoms with van der Waals surface area (Å²) in [4.78, 5) is 4.35. The zero-order valence-electron chi connectivity index (χ0n) is 14.4. The molecule has 1 aliphatic heterocycles. The van der Waals surface area contributed by atoms with Gasteiger partial charge in [-0.15, -0.1) is 5.10 Å². The molecule has 2 atom stereocenters. The maximum atomic E-state index is 6.04. The quantitative estimate of drug-likeness (QED) is 0.725. The van der Waals surface area contributed by atoms with Crippen molar-refractivity contribution in [2.75, 3.05) is 17.7 Å². The molecule has 0 unspecified atom stereocenters. The predicted octanol–water partition coefficient (Wildman–Crippen LogP) is 4.06. The van der Waals surface area contributed by atoms with Crippen molar-refractivity contribution in [2.24, 2.45) is 0 Å². The second-order valence-corrected chi connectivity index (χ2v) is 6.65. The monoisotopic (exact) mass is 369 g/mol. The van der Waals surface area contributed by atoms with Crippen LogP contribution in [0.15, 0.2) is 48.5 Å². The fourth-order valence-corrected chi connectivity index (χ4v) is 3.54. The molecule has 0 radical (unpaired) electrons. The van der Waals surface area contributed by atoms with E-state index in [1.54, 1.807) is 0 Å². The molecule has 0 saturated carbocycles. The summed E-state index contributed by atoms with van der Waals surface area (Å²) in [5, 5.41) is 8.54. The lowest BCUT2D eigenvalue weighted by Crippen LogP contribution is -2.28. The molecule has 0 spiro atoms. The van der Waals surface area contributed by atoms with Gasteiger partial charge in [0.2, 0.25) is 11.9 Å². The molecule has 26 heavy (non-hydrogen) atoms. The van der Waals surface area contributed by atoms with E-state index in [1.807, 2.05) is 54.1 Å². The Kier molecular flexibility index (Phi) is 4.42. The van der Waals surface area contributed by atoms with Crippen LogP contribution in [0, 0.1) is 0 Å². The fourth-order valence-electron chi connectivity index (χ4n) is 3.41. The summed E-state index contributed by atoms with van der Waals surface area (Å²) >= 11 is 6.04. The van der Waals surface area contributed by atoms with Crippen molar-refractivity contribution in [3.05, 3.63) is 64.7 Å². The van der Waals surface area contributed by atoms with Gasteiger partial charge in [0.25, 0.3) is 0 Å². The van der Waals surface area contributed by atoms with E-state index in [4.69, 9.17) is 22.1 Å². The van der Waals surface area contributed by atoms with Crippen molar-refractivity contribution in [3.63, 3.8) is 0 Å². The van der Waals surface area contributed by atoms with Gasteiger partial charge in [-0.1, -0.05) is 41.9 Å². The first-order valence-corrected chi connectivity index (χ1v) is 8.99. The van der Waals surface area contributed by atoms with E-state index in [0.717, 1.165) is 28.3 Å². The molecule has 0 saturated heterocycles. The van der Waals surface area contributed by atoms with Crippen LogP contribution in [0.3, 0.4) is 0 Å². The summed E-state index contributed by atoms with van der Waals surface area (Å²) in [6.07, 6.45) is 0.793. The van der Waals surface area contributed by atoms with Gasteiger partial charge in [-0.2, -0.15) is 4.98 Å². The number of nitrogen functional groups attached to an aromatic ring is 1. The highest BCUT2D eigenvalue weighted by atomic mass is 35.5. The smallest absolute Gasteiger partial charge is 0.241 e. The van der Waals surface area contributed by atoms with Gasteiger partial charge in [-0.25, -0.2) is 4.68 Å². The molecule has 1 aromatic heterocycles. The number of para-hydroxylation sites is 1. The van der Waals surface area contributed by atoms with Gasteiger partial charge in [0.1, 0.15) is 5.75 Å². The standard InChI is InChI=1S/C19H20ClN5O/c1-2-26-17-6-4-3-5-14(17)16-11-15(12-7-9-13(20)10-8-12)22-19-23-18(21)24-25(16)19/h3-10,15-16H,2,11H2,1H3,(H3,21,22,23,24)/t15-,16+/m1/s1. The van der Waals surface area contributed by atoms with Crippen molar-refractivity contribution in [2.45, 2.75) is 25.4 Å². The summed E-state index contributed by atoms with van der Waals surface area (Å²) in [5.74, 6) is 1.77. The number of nitrogens with one attached hydrogen (secondary N) is 1. The van der Waals surface area contributed by atoms with Crippen molar-refractivity contribution in [1.29, 1.82) is 0 Å². The van der Waals surface area contributed by atoms with Crippen molar-refractivity contribution in [3.8, 4) is 5.75 Å².